The fourth-order valence-corrected chi connectivity index (χ4v) is 2.20. The molecule has 0 saturated heterocycles. The average Bonchev–Trinajstić information content (AvgIpc) is 2.86. The molecule has 0 aliphatic heterocycles. The molecular formula is C15H21N3. The van der Waals surface area contributed by atoms with Crippen LogP contribution >= 0.6 is 0 Å². The fourth-order valence-electron chi connectivity index (χ4n) is 2.20. The van der Waals surface area contributed by atoms with E-state index < -0.39 is 0 Å². The number of hydrogen-bond donors (Lipinski definition) is 1. The Kier molecular flexibility index (Phi) is 4.15. The van der Waals surface area contributed by atoms with Crippen LogP contribution in [0.25, 0.3) is 5.69 Å². The molecule has 0 radical (unpaired) electrons. The first kappa shape index (κ1) is 12.8. The summed E-state index contributed by atoms with van der Waals surface area (Å²) in [6.07, 6.45) is 6.90. The summed E-state index contributed by atoms with van der Waals surface area (Å²) in [5.41, 5.74) is 8.54. The molecular weight excluding hydrogens is 222 g/mol. The number of para-hydroxylation sites is 1. The highest BCUT2D eigenvalue weighted by atomic mass is 15.1. The highest BCUT2D eigenvalue weighted by Gasteiger charge is 2.12. The molecule has 0 aliphatic carbocycles. The van der Waals surface area contributed by atoms with E-state index in [0.29, 0.717) is 0 Å². The quantitative estimate of drug-likeness (QED) is 0.876. The number of nitrogens with zero attached hydrogens (tertiary/aromatic N) is 2. The number of benzene rings is 1. The highest BCUT2D eigenvalue weighted by Crippen LogP contribution is 2.23. The second kappa shape index (κ2) is 5.83. The van der Waals surface area contributed by atoms with Crippen LogP contribution in [0.1, 0.15) is 44.1 Å². The van der Waals surface area contributed by atoms with Crippen LogP contribution in [0.3, 0.4) is 0 Å². The summed E-state index contributed by atoms with van der Waals surface area (Å²) >= 11 is 0. The van der Waals surface area contributed by atoms with Crippen molar-refractivity contribution in [3.05, 3.63) is 48.0 Å². The lowest BCUT2D eigenvalue weighted by atomic mass is 10.0. The zero-order chi connectivity index (χ0) is 13.0. The predicted molar refractivity (Wildman–Crippen MR) is 74.8 cm³/mol. The van der Waals surface area contributed by atoms with Crippen LogP contribution in [-0.2, 0) is 6.42 Å². The third-order valence-electron chi connectivity index (χ3n) is 3.23. The molecule has 1 atom stereocenters. The minimum atomic E-state index is 0.0816. The van der Waals surface area contributed by atoms with Crippen molar-refractivity contribution in [3.8, 4) is 5.69 Å². The molecule has 96 valence electrons. The Hall–Kier alpha value is -1.61. The number of aromatic nitrogens is 2. The van der Waals surface area contributed by atoms with Gasteiger partial charge in [0.1, 0.15) is 5.82 Å². The van der Waals surface area contributed by atoms with Crippen LogP contribution in [0.5, 0.6) is 0 Å². The molecule has 1 unspecified atom stereocenters. The van der Waals surface area contributed by atoms with Crippen molar-refractivity contribution in [3.63, 3.8) is 0 Å². The van der Waals surface area contributed by atoms with Gasteiger partial charge in [0.2, 0.25) is 0 Å². The van der Waals surface area contributed by atoms with E-state index in [1.165, 1.54) is 5.56 Å². The van der Waals surface area contributed by atoms with E-state index in [-0.39, 0.29) is 6.04 Å². The molecule has 1 aromatic carbocycles. The summed E-state index contributed by atoms with van der Waals surface area (Å²) in [7, 11) is 0. The topological polar surface area (TPSA) is 43.8 Å². The lowest BCUT2D eigenvalue weighted by molar-refractivity contribution is 0.688. The third kappa shape index (κ3) is 2.46. The molecule has 18 heavy (non-hydrogen) atoms. The molecule has 2 aromatic rings. The Morgan fingerprint density at radius 2 is 2.06 bits per heavy atom. The number of hydrogen-bond acceptors (Lipinski definition) is 2. The summed E-state index contributed by atoms with van der Waals surface area (Å²) in [4.78, 5) is 4.43. The summed E-state index contributed by atoms with van der Waals surface area (Å²) in [5.74, 6) is 1.10. The molecule has 1 heterocycles. The smallest absolute Gasteiger partial charge is 0.113 e. The molecule has 2 N–H and O–H groups in total. The first-order valence-electron chi connectivity index (χ1n) is 6.65. The molecule has 0 saturated carbocycles. The Morgan fingerprint density at radius 1 is 1.28 bits per heavy atom. The third-order valence-corrected chi connectivity index (χ3v) is 3.23. The van der Waals surface area contributed by atoms with Crippen LogP contribution in [0.15, 0.2) is 36.7 Å². The SMILES string of the molecule is CCCc1nccn1-c1ccccc1C(N)CC. The second-order valence-corrected chi connectivity index (χ2v) is 4.54. The van der Waals surface area contributed by atoms with E-state index in [9.17, 15) is 0 Å². The predicted octanol–water partition coefficient (Wildman–Crippen LogP) is 3.23. The lowest BCUT2D eigenvalue weighted by Crippen LogP contribution is -2.13. The summed E-state index contributed by atoms with van der Waals surface area (Å²) < 4.78 is 2.16. The van der Waals surface area contributed by atoms with E-state index in [2.05, 4.69) is 41.6 Å². The molecule has 3 nitrogen and oxygen atoms in total. The number of nitrogens with two attached hydrogens (primary N) is 1. The van der Waals surface area contributed by atoms with Gasteiger partial charge in [-0.3, -0.25) is 0 Å². The van der Waals surface area contributed by atoms with E-state index in [1.807, 2.05) is 18.5 Å². The van der Waals surface area contributed by atoms with E-state index in [0.717, 1.165) is 30.8 Å². The number of aryl methyl sites for hydroxylation is 1. The van der Waals surface area contributed by atoms with Gasteiger partial charge in [-0.2, -0.15) is 0 Å². The Bertz CT molecular complexity index is 502. The van der Waals surface area contributed by atoms with Crippen molar-refractivity contribution in [1.82, 2.24) is 9.55 Å². The highest BCUT2D eigenvalue weighted by molar-refractivity contribution is 5.43. The van der Waals surface area contributed by atoms with Gasteiger partial charge >= 0.3 is 0 Å². The van der Waals surface area contributed by atoms with Gasteiger partial charge in [-0.05, 0) is 24.5 Å². The van der Waals surface area contributed by atoms with E-state index in [4.69, 9.17) is 5.73 Å². The molecule has 0 bridgehead atoms. The Labute approximate surface area is 109 Å². The largest absolute Gasteiger partial charge is 0.324 e. The van der Waals surface area contributed by atoms with E-state index in [1.54, 1.807) is 0 Å². The molecule has 0 fully saturated rings. The van der Waals surface area contributed by atoms with Crippen molar-refractivity contribution in [2.24, 2.45) is 5.73 Å². The zero-order valence-electron chi connectivity index (χ0n) is 11.1. The van der Waals surface area contributed by atoms with Crippen molar-refractivity contribution < 1.29 is 0 Å². The summed E-state index contributed by atoms with van der Waals surface area (Å²) in [6, 6.07) is 8.41. The van der Waals surface area contributed by atoms with E-state index >= 15 is 0 Å². The van der Waals surface area contributed by atoms with Crippen LogP contribution in [0, 0.1) is 0 Å². The van der Waals surface area contributed by atoms with Crippen molar-refractivity contribution in [1.29, 1.82) is 0 Å². The van der Waals surface area contributed by atoms with Crippen LogP contribution in [-0.4, -0.2) is 9.55 Å². The molecule has 0 aliphatic rings. The first-order chi connectivity index (χ1) is 8.77. The second-order valence-electron chi connectivity index (χ2n) is 4.54. The fraction of sp³-hybridized carbons (Fsp3) is 0.400. The van der Waals surface area contributed by atoms with Gasteiger partial charge in [0.25, 0.3) is 0 Å². The van der Waals surface area contributed by atoms with Gasteiger partial charge in [0, 0.05) is 24.9 Å². The Morgan fingerprint density at radius 3 is 2.78 bits per heavy atom. The Balaban J connectivity index is 2.46. The van der Waals surface area contributed by atoms with Crippen molar-refractivity contribution in [2.45, 2.75) is 39.2 Å². The van der Waals surface area contributed by atoms with Gasteiger partial charge in [-0.25, -0.2) is 4.98 Å². The summed E-state index contributed by atoms with van der Waals surface area (Å²) in [6.45, 7) is 4.28. The van der Waals surface area contributed by atoms with Crippen LogP contribution in [0.4, 0.5) is 0 Å². The zero-order valence-corrected chi connectivity index (χ0v) is 11.1. The maximum Gasteiger partial charge on any atom is 0.113 e. The summed E-state index contributed by atoms with van der Waals surface area (Å²) in [5, 5.41) is 0. The maximum absolute atomic E-state index is 6.19. The average molecular weight is 243 g/mol. The van der Waals surface area contributed by atoms with Gasteiger partial charge in [0.05, 0.1) is 5.69 Å². The lowest BCUT2D eigenvalue weighted by Gasteiger charge is -2.17. The number of imidazole rings is 1. The molecule has 2 rings (SSSR count). The molecule has 0 spiro atoms. The minimum Gasteiger partial charge on any atom is -0.324 e. The van der Waals surface area contributed by atoms with Crippen molar-refractivity contribution >= 4 is 0 Å². The van der Waals surface area contributed by atoms with Gasteiger partial charge in [-0.15, -0.1) is 0 Å². The normalized spacial score (nSPS) is 12.6. The standard InChI is InChI=1S/C15H21N3/c1-3-7-15-17-10-11-18(15)14-9-6-5-8-12(14)13(16)4-2/h5-6,8-11,13H,3-4,7,16H2,1-2H3. The van der Waals surface area contributed by atoms with Gasteiger partial charge < -0.3 is 10.3 Å². The number of rotatable bonds is 5. The van der Waals surface area contributed by atoms with Gasteiger partial charge in [-0.1, -0.05) is 32.0 Å². The minimum absolute atomic E-state index is 0.0816. The van der Waals surface area contributed by atoms with Gasteiger partial charge in [0.15, 0.2) is 0 Å². The maximum atomic E-state index is 6.19. The molecule has 1 aromatic heterocycles. The van der Waals surface area contributed by atoms with Crippen molar-refractivity contribution in [2.75, 3.05) is 0 Å². The molecule has 0 amide bonds. The van der Waals surface area contributed by atoms with Crippen LogP contribution in [0.2, 0.25) is 0 Å². The first-order valence-corrected chi connectivity index (χ1v) is 6.65. The molecule has 3 heteroatoms. The monoisotopic (exact) mass is 243 g/mol. The van der Waals surface area contributed by atoms with Crippen LogP contribution < -0.4 is 5.73 Å².